The lowest BCUT2D eigenvalue weighted by Crippen LogP contribution is -2.20. The molecule has 2 N–H and O–H groups in total. The van der Waals surface area contributed by atoms with Crippen LogP contribution in [0.5, 0.6) is 11.5 Å². The lowest BCUT2D eigenvalue weighted by Gasteiger charge is -2.17. The van der Waals surface area contributed by atoms with Gasteiger partial charge in [0.25, 0.3) is 5.91 Å². The molecule has 5 heteroatoms. The summed E-state index contributed by atoms with van der Waals surface area (Å²) in [4.78, 5) is 11.7. The zero-order chi connectivity index (χ0) is 17.6. The number of hydrogen-bond acceptors (Lipinski definition) is 4. The highest BCUT2D eigenvalue weighted by Crippen LogP contribution is 2.32. The summed E-state index contributed by atoms with van der Waals surface area (Å²) in [6.45, 7) is 4.18. The second-order valence-electron chi connectivity index (χ2n) is 6.14. The van der Waals surface area contributed by atoms with E-state index >= 15 is 0 Å². The molecule has 25 heavy (non-hydrogen) atoms. The number of rotatable bonds is 5. The molecule has 132 valence electrons. The fourth-order valence-corrected chi connectivity index (χ4v) is 2.80. The zero-order valence-electron chi connectivity index (χ0n) is 14.7. The van der Waals surface area contributed by atoms with Gasteiger partial charge in [-0.2, -0.15) is 0 Å². The SMILES string of the molecule is CNC(=O)c1cccc(CN[C@H](C)c2ccc3c(c2)OCCCO3)c1. The first-order valence-corrected chi connectivity index (χ1v) is 8.61. The minimum Gasteiger partial charge on any atom is -0.490 e. The van der Waals surface area contributed by atoms with Gasteiger partial charge in [0.2, 0.25) is 0 Å². The van der Waals surface area contributed by atoms with E-state index in [4.69, 9.17) is 9.47 Å². The highest BCUT2D eigenvalue weighted by Gasteiger charge is 2.13. The van der Waals surface area contributed by atoms with Crippen molar-refractivity contribution in [1.29, 1.82) is 0 Å². The third kappa shape index (κ3) is 4.31. The Morgan fingerprint density at radius 2 is 1.92 bits per heavy atom. The van der Waals surface area contributed by atoms with Gasteiger partial charge in [-0.15, -0.1) is 0 Å². The summed E-state index contributed by atoms with van der Waals surface area (Å²) >= 11 is 0. The summed E-state index contributed by atoms with van der Waals surface area (Å²) in [7, 11) is 1.64. The molecular weight excluding hydrogens is 316 g/mol. The molecule has 0 saturated heterocycles. The summed E-state index contributed by atoms with van der Waals surface area (Å²) < 4.78 is 11.4. The van der Waals surface area contributed by atoms with E-state index in [2.05, 4.69) is 23.6 Å². The number of nitrogens with one attached hydrogen (secondary N) is 2. The molecule has 1 atom stereocenters. The fraction of sp³-hybridized carbons (Fsp3) is 0.350. The van der Waals surface area contributed by atoms with Crippen molar-refractivity contribution in [2.24, 2.45) is 0 Å². The largest absolute Gasteiger partial charge is 0.490 e. The zero-order valence-corrected chi connectivity index (χ0v) is 14.7. The van der Waals surface area contributed by atoms with E-state index in [0.29, 0.717) is 25.3 Å². The van der Waals surface area contributed by atoms with Crippen LogP contribution >= 0.6 is 0 Å². The lowest BCUT2D eigenvalue weighted by atomic mass is 10.1. The van der Waals surface area contributed by atoms with Gasteiger partial charge < -0.3 is 20.1 Å². The molecule has 2 aromatic carbocycles. The van der Waals surface area contributed by atoms with Crippen molar-refractivity contribution in [1.82, 2.24) is 10.6 Å². The first kappa shape index (κ1) is 17.3. The van der Waals surface area contributed by atoms with Gasteiger partial charge in [-0.25, -0.2) is 0 Å². The molecule has 0 aliphatic carbocycles. The Balaban J connectivity index is 1.66. The van der Waals surface area contributed by atoms with E-state index in [1.54, 1.807) is 7.05 Å². The van der Waals surface area contributed by atoms with Crippen LogP contribution in [-0.4, -0.2) is 26.2 Å². The molecule has 2 aromatic rings. The Kier molecular flexibility index (Phi) is 5.56. The molecule has 5 nitrogen and oxygen atoms in total. The van der Waals surface area contributed by atoms with Crippen LogP contribution in [-0.2, 0) is 6.54 Å². The normalized spacial score (nSPS) is 14.5. The summed E-state index contributed by atoms with van der Waals surface area (Å²) in [6.07, 6.45) is 0.902. The van der Waals surface area contributed by atoms with Crippen LogP contribution in [0, 0.1) is 0 Å². The van der Waals surface area contributed by atoms with Crippen LogP contribution in [0.25, 0.3) is 0 Å². The van der Waals surface area contributed by atoms with E-state index < -0.39 is 0 Å². The smallest absolute Gasteiger partial charge is 0.251 e. The predicted octanol–water partition coefficient (Wildman–Crippen LogP) is 3.06. The van der Waals surface area contributed by atoms with Crippen molar-refractivity contribution in [3.05, 3.63) is 59.2 Å². The highest BCUT2D eigenvalue weighted by molar-refractivity contribution is 5.94. The maximum absolute atomic E-state index is 11.7. The molecule has 0 bridgehead atoms. The van der Waals surface area contributed by atoms with Crippen LogP contribution in [0.4, 0.5) is 0 Å². The maximum Gasteiger partial charge on any atom is 0.251 e. The lowest BCUT2D eigenvalue weighted by molar-refractivity contribution is 0.0963. The molecule has 0 fully saturated rings. The Bertz CT molecular complexity index is 745. The van der Waals surface area contributed by atoms with Crippen LogP contribution in [0.1, 0.15) is 40.9 Å². The number of benzene rings is 2. The van der Waals surface area contributed by atoms with Crippen LogP contribution in [0.15, 0.2) is 42.5 Å². The molecule has 1 aliphatic heterocycles. The van der Waals surface area contributed by atoms with Gasteiger partial charge >= 0.3 is 0 Å². The van der Waals surface area contributed by atoms with E-state index in [1.165, 1.54) is 0 Å². The number of hydrogen-bond donors (Lipinski definition) is 2. The molecule has 0 unspecified atom stereocenters. The molecule has 1 amide bonds. The number of carbonyl (C=O) groups is 1. The molecule has 0 spiro atoms. The summed E-state index contributed by atoms with van der Waals surface area (Å²) in [5, 5.41) is 6.14. The molecule has 0 radical (unpaired) electrons. The van der Waals surface area contributed by atoms with Gasteiger partial charge in [0.1, 0.15) is 0 Å². The minimum absolute atomic E-state index is 0.0715. The van der Waals surface area contributed by atoms with Crippen LogP contribution in [0.2, 0.25) is 0 Å². The quantitative estimate of drug-likeness (QED) is 0.878. The third-order valence-corrected chi connectivity index (χ3v) is 4.30. The van der Waals surface area contributed by atoms with E-state index in [1.807, 2.05) is 36.4 Å². The van der Waals surface area contributed by atoms with Gasteiger partial charge in [0.05, 0.1) is 13.2 Å². The number of carbonyl (C=O) groups excluding carboxylic acids is 1. The molecule has 1 heterocycles. The van der Waals surface area contributed by atoms with Gasteiger partial charge in [-0.05, 0) is 42.3 Å². The topological polar surface area (TPSA) is 59.6 Å². The first-order chi connectivity index (χ1) is 12.2. The minimum atomic E-state index is -0.0715. The second kappa shape index (κ2) is 8.03. The van der Waals surface area contributed by atoms with E-state index in [9.17, 15) is 4.79 Å². The van der Waals surface area contributed by atoms with Gasteiger partial charge in [0.15, 0.2) is 11.5 Å². The predicted molar refractivity (Wildman–Crippen MR) is 97.1 cm³/mol. The standard InChI is InChI=1S/C20H24N2O3/c1-14(16-7-8-18-19(12-16)25-10-4-9-24-18)22-13-15-5-3-6-17(11-15)20(23)21-2/h3,5-8,11-12,14,22H,4,9-10,13H2,1-2H3,(H,21,23)/t14-/m1/s1. The Labute approximate surface area is 148 Å². The molecule has 0 saturated carbocycles. The second-order valence-corrected chi connectivity index (χ2v) is 6.14. The van der Waals surface area contributed by atoms with Crippen LogP contribution < -0.4 is 20.1 Å². The van der Waals surface area contributed by atoms with E-state index in [0.717, 1.165) is 29.0 Å². The number of ether oxygens (including phenoxy) is 2. The van der Waals surface area contributed by atoms with Crippen LogP contribution in [0.3, 0.4) is 0 Å². The highest BCUT2D eigenvalue weighted by atomic mass is 16.5. The monoisotopic (exact) mass is 340 g/mol. The average Bonchev–Trinajstić information content (AvgIpc) is 2.90. The Hall–Kier alpha value is -2.53. The fourth-order valence-electron chi connectivity index (χ4n) is 2.80. The first-order valence-electron chi connectivity index (χ1n) is 8.61. The van der Waals surface area contributed by atoms with Gasteiger partial charge in [0, 0.05) is 31.6 Å². The van der Waals surface area contributed by atoms with Crippen molar-refractivity contribution < 1.29 is 14.3 Å². The third-order valence-electron chi connectivity index (χ3n) is 4.30. The maximum atomic E-state index is 11.7. The van der Waals surface area contributed by atoms with Crippen molar-refractivity contribution >= 4 is 5.91 Å². The molecule has 0 aromatic heterocycles. The summed E-state index contributed by atoms with van der Waals surface area (Å²) in [5.74, 6) is 1.55. The van der Waals surface area contributed by atoms with E-state index in [-0.39, 0.29) is 11.9 Å². The summed E-state index contributed by atoms with van der Waals surface area (Å²) in [6, 6.07) is 13.9. The van der Waals surface area contributed by atoms with Crippen molar-refractivity contribution in [3.8, 4) is 11.5 Å². The summed E-state index contributed by atoms with van der Waals surface area (Å²) in [5.41, 5.74) is 2.89. The van der Waals surface area contributed by atoms with Crippen molar-refractivity contribution in [3.63, 3.8) is 0 Å². The van der Waals surface area contributed by atoms with Crippen molar-refractivity contribution in [2.75, 3.05) is 20.3 Å². The van der Waals surface area contributed by atoms with Crippen molar-refractivity contribution in [2.45, 2.75) is 25.9 Å². The number of amides is 1. The Morgan fingerprint density at radius 1 is 1.12 bits per heavy atom. The average molecular weight is 340 g/mol. The van der Waals surface area contributed by atoms with Gasteiger partial charge in [-0.1, -0.05) is 18.2 Å². The molecular formula is C20H24N2O3. The molecule has 1 aliphatic rings. The number of fused-ring (bicyclic) bond motifs is 1. The Morgan fingerprint density at radius 3 is 2.72 bits per heavy atom. The molecule has 3 rings (SSSR count). The van der Waals surface area contributed by atoms with Gasteiger partial charge in [-0.3, -0.25) is 4.79 Å².